The molecule has 0 aliphatic rings. The van der Waals surface area contributed by atoms with Crippen LogP contribution >= 0.6 is 8.16 Å². The molecule has 0 saturated heterocycles. The maximum absolute atomic E-state index is 7.25. The van der Waals surface area contributed by atoms with E-state index < -0.39 is 24.3 Å². The Hall–Kier alpha value is -2.31. The molecule has 0 aliphatic carbocycles. The van der Waals surface area contributed by atoms with Gasteiger partial charge < -0.3 is 8.39 Å². The quantitative estimate of drug-likeness (QED) is 0.169. The second kappa shape index (κ2) is 11.2. The van der Waals surface area contributed by atoms with Crippen LogP contribution in [0.4, 0.5) is 0 Å². The van der Waals surface area contributed by atoms with Crippen LogP contribution in [0.1, 0.15) is 41.5 Å². The predicted octanol–water partition coefficient (Wildman–Crippen LogP) is 10.2. The smallest absolute Gasteiger partial charge is 0.309 e. The molecule has 3 nitrogen and oxygen atoms in total. The van der Waals surface area contributed by atoms with E-state index >= 15 is 0 Å². The third kappa shape index (κ3) is 4.69. The highest BCUT2D eigenvalue weighted by Crippen LogP contribution is 2.43. The average Bonchev–Trinajstić information content (AvgIpc) is 3.17. The number of fused-ring (bicyclic) bond motifs is 7. The van der Waals surface area contributed by atoms with Crippen LogP contribution in [0.5, 0.6) is 0 Å². The van der Waals surface area contributed by atoms with E-state index in [2.05, 4.69) is 127 Å². The highest BCUT2D eigenvalue weighted by molar-refractivity contribution is 7.39. The molecule has 0 N–H and O–H groups in total. The molecule has 212 valence electrons. The zero-order valence-electron chi connectivity index (χ0n) is 25.9. The molecule has 0 amide bonds. The van der Waals surface area contributed by atoms with Gasteiger partial charge in [0.2, 0.25) is 0 Å². The average molecular weight is 588 g/mol. The first-order valence-electron chi connectivity index (χ1n) is 15.1. The molecule has 0 bridgehead atoms. The largest absolute Gasteiger partial charge is 0.408 e. The molecule has 5 rings (SSSR count). The molecule has 40 heavy (non-hydrogen) atoms. The number of rotatable bonds is 8. The lowest BCUT2D eigenvalue weighted by Crippen LogP contribution is -2.43. The zero-order valence-corrected chi connectivity index (χ0v) is 28.8. The number of nitrogens with zero attached hydrogens (tertiary/aromatic N) is 1. The number of hydrogen-bond donors (Lipinski definition) is 0. The van der Waals surface area contributed by atoms with Gasteiger partial charge in [-0.3, -0.25) is 0 Å². The summed E-state index contributed by atoms with van der Waals surface area (Å²) in [5, 5.41) is 10.5. The van der Waals surface area contributed by atoms with Crippen LogP contribution < -0.4 is 15.0 Å². The molecule has 0 saturated carbocycles. The van der Waals surface area contributed by atoms with Crippen molar-refractivity contribution >= 4 is 78.2 Å². The second-order valence-electron chi connectivity index (χ2n) is 12.3. The summed E-state index contributed by atoms with van der Waals surface area (Å²) in [7, 11) is -2.82. The summed E-state index contributed by atoms with van der Waals surface area (Å²) in [4.78, 5) is 0. The van der Waals surface area contributed by atoms with Gasteiger partial charge in [0.05, 0.1) is 16.1 Å². The molecule has 0 radical (unpaired) electrons. The maximum Gasteiger partial charge on any atom is 0.309 e. The van der Waals surface area contributed by atoms with Gasteiger partial charge in [-0.25, -0.2) is 4.67 Å². The Labute approximate surface area is 243 Å². The molecule has 4 aromatic carbocycles. The monoisotopic (exact) mass is 587 g/mol. The Bertz CT molecular complexity index is 1610. The lowest BCUT2D eigenvalue weighted by atomic mass is 9.98. The van der Waals surface area contributed by atoms with E-state index in [1.54, 1.807) is 0 Å². The van der Waals surface area contributed by atoms with Crippen molar-refractivity contribution in [2.45, 2.75) is 84.9 Å². The third-order valence-corrected chi connectivity index (χ3v) is 21.3. The van der Waals surface area contributed by atoms with Gasteiger partial charge in [-0.1, -0.05) is 126 Å². The molecule has 0 unspecified atom stereocenters. The molecule has 5 aromatic rings. The predicted molar refractivity (Wildman–Crippen MR) is 185 cm³/mol. The second-order valence-corrected chi connectivity index (χ2v) is 23.9. The van der Waals surface area contributed by atoms with E-state index in [-0.39, 0.29) is 0 Å². The summed E-state index contributed by atoms with van der Waals surface area (Å²) in [5.74, 6) is 0. The van der Waals surface area contributed by atoms with Gasteiger partial charge in [-0.05, 0) is 45.8 Å². The molecule has 0 spiro atoms. The van der Waals surface area contributed by atoms with Gasteiger partial charge in [0, 0.05) is 23.9 Å². The van der Waals surface area contributed by atoms with E-state index in [0.717, 1.165) is 11.2 Å². The van der Waals surface area contributed by atoms with Crippen LogP contribution in [0, 0.1) is 0 Å². The summed E-state index contributed by atoms with van der Waals surface area (Å²) in [6.07, 6.45) is 0. The highest BCUT2D eigenvalue weighted by atomic mass is 31.1. The van der Waals surface area contributed by atoms with Crippen molar-refractivity contribution in [2.75, 3.05) is 11.7 Å². The molecule has 0 aliphatic heterocycles. The zero-order chi connectivity index (χ0) is 28.8. The highest BCUT2D eigenvalue weighted by Gasteiger charge is 2.33. The lowest BCUT2D eigenvalue weighted by molar-refractivity contribution is 0.617. The van der Waals surface area contributed by atoms with Gasteiger partial charge in [0.25, 0.3) is 0 Å². The molecular weight excluding hydrogens is 542 g/mol. The standard InChI is InChI=1S/C34H46NO2PSi2/c1-10-39(8,11-2)29-22-25-18-14-16-20-27(25)31-32-28-21-17-15-19-26(28)23-30(40(9,12-3)13-4)34(32)37-38(36-33(29)31)35(7)24(5)6/h14-24H,10-13H2,1-9H3. The van der Waals surface area contributed by atoms with Crippen molar-refractivity contribution in [3.05, 3.63) is 60.7 Å². The SMILES string of the molecule is CC[Si](C)(CC)c1cc2ccccc2c2c1op(N(C)C(C)C)oc1c([Si](C)(CC)CC)cc3ccccc3c12. The van der Waals surface area contributed by atoms with Crippen molar-refractivity contribution in [1.82, 2.24) is 0 Å². The van der Waals surface area contributed by atoms with Crippen LogP contribution in [-0.2, 0) is 0 Å². The fraction of sp³-hybridized carbons (Fsp3) is 0.412. The van der Waals surface area contributed by atoms with Gasteiger partial charge in [-0.2, -0.15) is 0 Å². The van der Waals surface area contributed by atoms with Crippen molar-refractivity contribution < 1.29 is 8.39 Å². The Morgan fingerprint density at radius 2 is 1.05 bits per heavy atom. The molecule has 1 aromatic heterocycles. The van der Waals surface area contributed by atoms with E-state index in [1.807, 2.05) is 0 Å². The minimum Gasteiger partial charge on any atom is -0.408 e. The van der Waals surface area contributed by atoms with Crippen molar-refractivity contribution in [3.8, 4) is 0 Å². The first-order chi connectivity index (χ1) is 19.1. The third-order valence-electron chi connectivity index (χ3n) is 10.0. The van der Waals surface area contributed by atoms with Gasteiger partial charge in [0.1, 0.15) is 11.2 Å². The van der Waals surface area contributed by atoms with E-state index in [1.165, 1.54) is 66.9 Å². The summed E-state index contributed by atoms with van der Waals surface area (Å²) < 4.78 is 16.8. The topological polar surface area (TPSA) is 29.5 Å². The summed E-state index contributed by atoms with van der Waals surface area (Å²) in [6, 6.07) is 27.8. The van der Waals surface area contributed by atoms with E-state index in [9.17, 15) is 0 Å². The Morgan fingerprint density at radius 3 is 1.40 bits per heavy atom. The van der Waals surface area contributed by atoms with Gasteiger partial charge >= 0.3 is 8.16 Å². The van der Waals surface area contributed by atoms with Crippen molar-refractivity contribution in [2.24, 2.45) is 0 Å². The summed E-state index contributed by atoms with van der Waals surface area (Å²) >= 11 is 0. The Morgan fingerprint density at radius 1 is 0.675 bits per heavy atom. The fourth-order valence-corrected chi connectivity index (χ4v) is 12.5. The fourth-order valence-electron chi connectivity index (χ4n) is 5.99. The van der Waals surface area contributed by atoms with Crippen LogP contribution in [-0.4, -0.2) is 29.2 Å². The van der Waals surface area contributed by atoms with Gasteiger partial charge in [0.15, 0.2) is 0 Å². The van der Waals surface area contributed by atoms with Crippen LogP contribution in [0.2, 0.25) is 37.3 Å². The van der Waals surface area contributed by atoms with Crippen LogP contribution in [0.25, 0.3) is 43.5 Å². The molecule has 1 heterocycles. The van der Waals surface area contributed by atoms with E-state index in [0.29, 0.717) is 6.04 Å². The van der Waals surface area contributed by atoms with Gasteiger partial charge in [-0.15, -0.1) is 0 Å². The minimum absolute atomic E-state index is 0.297. The Kier molecular flexibility index (Phi) is 8.15. The summed E-state index contributed by atoms with van der Waals surface area (Å²) in [5.41, 5.74) is 2.15. The summed E-state index contributed by atoms with van der Waals surface area (Å²) in [6.45, 7) is 19.0. The number of benzene rings is 4. The van der Waals surface area contributed by atoms with Crippen molar-refractivity contribution in [3.63, 3.8) is 0 Å². The molecule has 0 fully saturated rings. The normalized spacial score (nSPS) is 13.0. The first kappa shape index (κ1) is 29.2. The Balaban J connectivity index is 2.22. The van der Waals surface area contributed by atoms with E-state index in [4.69, 9.17) is 8.39 Å². The molecule has 0 atom stereocenters. The lowest BCUT2D eigenvalue weighted by Gasteiger charge is -2.27. The first-order valence-corrected chi connectivity index (χ1v) is 22.1. The minimum atomic E-state index is -1.82. The maximum atomic E-state index is 7.25. The number of hydrogen-bond acceptors (Lipinski definition) is 3. The van der Waals surface area contributed by atoms with Crippen LogP contribution in [0.3, 0.4) is 0 Å². The van der Waals surface area contributed by atoms with Crippen LogP contribution in [0.15, 0.2) is 69.1 Å². The molecular formula is C34H46NO2PSi2. The molecule has 6 heteroatoms. The van der Waals surface area contributed by atoms with Crippen molar-refractivity contribution in [1.29, 1.82) is 0 Å².